The summed E-state index contributed by atoms with van der Waals surface area (Å²) in [6, 6.07) is 14.8. The summed E-state index contributed by atoms with van der Waals surface area (Å²) >= 11 is 4.72. The van der Waals surface area contributed by atoms with E-state index in [1.807, 2.05) is 24.3 Å². The van der Waals surface area contributed by atoms with Gasteiger partial charge in [0.25, 0.3) is 0 Å². The maximum atomic E-state index is 13.0. The first-order chi connectivity index (χ1) is 19.6. The molecule has 0 amide bonds. The zero-order valence-corrected chi connectivity index (χ0v) is 25.9. The number of hydrogen-bond acceptors (Lipinski definition) is 10. The summed E-state index contributed by atoms with van der Waals surface area (Å²) < 4.78 is 43.2. The number of para-hydroxylation sites is 1. The Bertz CT molecular complexity index is 1500. The molecular weight excluding hydrogens is 634 g/mol. The largest absolute Gasteiger partial charge is 0.479 e. The highest BCUT2D eigenvalue weighted by Crippen LogP contribution is 2.46. The molecule has 0 spiro atoms. The lowest BCUT2D eigenvalue weighted by molar-refractivity contribution is -0.142. The van der Waals surface area contributed by atoms with Crippen LogP contribution in [0.3, 0.4) is 0 Å². The minimum atomic E-state index is -3.45. The molecule has 0 radical (unpaired) electrons. The number of nitrogen functional groups attached to an aromatic ring is 1. The van der Waals surface area contributed by atoms with Gasteiger partial charge in [-0.25, -0.2) is 22.3 Å². The molecule has 2 heterocycles. The van der Waals surface area contributed by atoms with Crippen LogP contribution in [0.5, 0.6) is 5.75 Å². The molecule has 0 aliphatic carbocycles. The van der Waals surface area contributed by atoms with Crippen LogP contribution in [0.2, 0.25) is 0 Å². The van der Waals surface area contributed by atoms with Crippen molar-refractivity contribution in [1.29, 1.82) is 0 Å². The van der Waals surface area contributed by atoms with Crippen molar-refractivity contribution in [2.75, 3.05) is 51.5 Å². The quantitative estimate of drug-likeness (QED) is 0.219. The van der Waals surface area contributed by atoms with Crippen LogP contribution in [0.15, 0.2) is 53.0 Å². The van der Waals surface area contributed by atoms with Crippen molar-refractivity contribution >= 4 is 60.6 Å². The zero-order valence-electron chi connectivity index (χ0n) is 22.7. The van der Waals surface area contributed by atoms with E-state index in [0.29, 0.717) is 41.3 Å². The summed E-state index contributed by atoms with van der Waals surface area (Å²) in [5.74, 6) is -0.713. The van der Waals surface area contributed by atoms with Crippen LogP contribution >= 0.6 is 27.3 Å². The molecule has 3 aromatic rings. The SMILES string of the molecule is COC(=O)COc1c(C(=O)OC)sc(-c2cccc(NCC3CCN(S(=O)(=O)Cc4ccccc4N)CC3)c2)c1Br. The predicted molar refractivity (Wildman–Crippen MR) is 163 cm³/mol. The second-order valence-corrected chi connectivity index (χ2v) is 13.3. The van der Waals surface area contributed by atoms with E-state index in [2.05, 4.69) is 26.0 Å². The first-order valence-electron chi connectivity index (χ1n) is 12.9. The van der Waals surface area contributed by atoms with E-state index < -0.39 is 22.0 Å². The number of carbonyl (C=O) groups excluding carboxylic acids is 2. The first-order valence-corrected chi connectivity index (χ1v) is 16.1. The molecule has 4 rings (SSSR count). The summed E-state index contributed by atoms with van der Waals surface area (Å²) in [5.41, 5.74) is 8.78. The van der Waals surface area contributed by atoms with E-state index in [1.54, 1.807) is 28.6 Å². The van der Waals surface area contributed by atoms with Gasteiger partial charge in [-0.3, -0.25) is 0 Å². The third-order valence-corrected chi connectivity index (χ3v) is 10.9. The van der Waals surface area contributed by atoms with Crippen molar-refractivity contribution in [1.82, 2.24) is 4.31 Å². The Balaban J connectivity index is 1.39. The predicted octanol–water partition coefficient (Wildman–Crippen LogP) is 4.75. The first kappa shape index (κ1) is 30.8. The third-order valence-electron chi connectivity index (χ3n) is 6.82. The average Bonchev–Trinajstić information content (AvgIpc) is 3.31. The molecule has 1 saturated heterocycles. The Morgan fingerprint density at radius 2 is 1.83 bits per heavy atom. The Kier molecular flexibility index (Phi) is 10.3. The van der Waals surface area contributed by atoms with E-state index in [-0.39, 0.29) is 23.0 Å². The van der Waals surface area contributed by atoms with Crippen molar-refractivity contribution < 1.29 is 32.2 Å². The van der Waals surface area contributed by atoms with E-state index in [0.717, 1.165) is 29.0 Å². The topological polar surface area (TPSA) is 137 Å². The van der Waals surface area contributed by atoms with Gasteiger partial charge in [-0.05, 0) is 64.0 Å². The number of sulfonamides is 1. The lowest BCUT2D eigenvalue weighted by atomic mass is 9.98. The van der Waals surface area contributed by atoms with E-state index in [4.69, 9.17) is 15.2 Å². The average molecular weight is 667 g/mol. The molecule has 41 heavy (non-hydrogen) atoms. The Labute approximate surface area is 252 Å². The van der Waals surface area contributed by atoms with Crippen LogP contribution in [-0.4, -0.2) is 65.1 Å². The number of esters is 2. The zero-order chi connectivity index (χ0) is 29.6. The fourth-order valence-corrected chi connectivity index (χ4v) is 8.08. The smallest absolute Gasteiger partial charge is 0.351 e. The lowest BCUT2D eigenvalue weighted by Crippen LogP contribution is -2.40. The fraction of sp³-hybridized carbons (Fsp3) is 0.357. The number of carbonyl (C=O) groups is 2. The summed E-state index contributed by atoms with van der Waals surface area (Å²) in [6.07, 6.45) is 1.49. The van der Waals surface area contributed by atoms with E-state index in [9.17, 15) is 18.0 Å². The van der Waals surface area contributed by atoms with Crippen LogP contribution in [-0.2, 0) is 30.0 Å². The summed E-state index contributed by atoms with van der Waals surface area (Å²) in [7, 11) is -0.911. The molecule has 10 nitrogen and oxygen atoms in total. The molecule has 1 aliphatic heterocycles. The van der Waals surface area contributed by atoms with Crippen LogP contribution in [0.1, 0.15) is 28.1 Å². The standard InChI is InChI=1S/C28H32BrN3O7S2/c1-37-23(33)16-39-25-24(29)26(40-27(25)28(34)38-2)19-7-5-8-21(14-19)31-15-18-10-12-32(13-11-18)41(35,36)17-20-6-3-4-9-22(20)30/h3-9,14,18,31H,10-13,15-17,30H2,1-2H3. The van der Waals surface area contributed by atoms with Crippen LogP contribution in [0.4, 0.5) is 11.4 Å². The number of thiophene rings is 1. The number of methoxy groups -OCH3 is 2. The highest BCUT2D eigenvalue weighted by Gasteiger charge is 2.29. The van der Waals surface area contributed by atoms with Gasteiger partial charge in [0.1, 0.15) is 0 Å². The van der Waals surface area contributed by atoms with Gasteiger partial charge in [-0.1, -0.05) is 30.3 Å². The van der Waals surface area contributed by atoms with Crippen molar-refractivity contribution in [3.05, 3.63) is 63.4 Å². The number of benzene rings is 2. The molecule has 1 aliphatic rings. The molecule has 13 heteroatoms. The molecule has 0 bridgehead atoms. The van der Waals surface area contributed by atoms with Gasteiger partial charge in [0.05, 0.1) is 29.3 Å². The molecule has 2 aromatic carbocycles. The number of rotatable bonds is 11. The molecule has 0 unspecified atom stereocenters. The number of hydrogen-bond donors (Lipinski definition) is 2. The number of anilines is 2. The number of halogens is 1. The minimum absolute atomic E-state index is 0.0964. The molecule has 3 N–H and O–H groups in total. The van der Waals surface area contributed by atoms with Crippen LogP contribution in [0.25, 0.3) is 10.4 Å². The van der Waals surface area contributed by atoms with Crippen LogP contribution in [0, 0.1) is 5.92 Å². The van der Waals surface area contributed by atoms with Crippen molar-refractivity contribution in [2.24, 2.45) is 5.92 Å². The number of nitrogens with zero attached hydrogens (tertiary/aromatic N) is 1. The molecule has 0 saturated carbocycles. The molecule has 1 fully saturated rings. The van der Waals surface area contributed by atoms with Crippen molar-refractivity contribution in [2.45, 2.75) is 18.6 Å². The second-order valence-electron chi connectivity index (χ2n) is 9.52. The normalized spacial score (nSPS) is 14.4. The van der Waals surface area contributed by atoms with E-state index >= 15 is 0 Å². The maximum absolute atomic E-state index is 13.0. The molecule has 1 aromatic heterocycles. The van der Waals surface area contributed by atoms with Crippen molar-refractivity contribution in [3.8, 4) is 16.2 Å². The summed E-state index contributed by atoms with van der Waals surface area (Å²) in [6.45, 7) is 1.27. The van der Waals surface area contributed by atoms with Gasteiger partial charge in [-0.15, -0.1) is 11.3 Å². The van der Waals surface area contributed by atoms with Crippen molar-refractivity contribution in [3.63, 3.8) is 0 Å². The molecule has 0 atom stereocenters. The van der Waals surface area contributed by atoms with E-state index in [1.165, 1.54) is 25.6 Å². The summed E-state index contributed by atoms with van der Waals surface area (Å²) in [4.78, 5) is 25.0. The van der Waals surface area contributed by atoms with Gasteiger partial charge < -0.3 is 25.3 Å². The summed E-state index contributed by atoms with van der Waals surface area (Å²) in [5, 5.41) is 3.47. The highest BCUT2D eigenvalue weighted by molar-refractivity contribution is 9.10. The fourth-order valence-electron chi connectivity index (χ4n) is 4.51. The Morgan fingerprint density at radius 3 is 2.51 bits per heavy atom. The minimum Gasteiger partial charge on any atom is -0.479 e. The Hall–Kier alpha value is -3.13. The Morgan fingerprint density at radius 1 is 1.10 bits per heavy atom. The van der Waals surface area contributed by atoms with Gasteiger partial charge in [0.15, 0.2) is 17.2 Å². The lowest BCUT2D eigenvalue weighted by Gasteiger charge is -2.31. The van der Waals surface area contributed by atoms with Gasteiger partial charge in [0, 0.05) is 31.0 Å². The second kappa shape index (κ2) is 13.7. The number of ether oxygens (including phenoxy) is 3. The number of piperidine rings is 1. The third kappa shape index (κ3) is 7.59. The van der Waals surface area contributed by atoms with Gasteiger partial charge >= 0.3 is 11.9 Å². The number of nitrogens with one attached hydrogen (secondary N) is 1. The van der Waals surface area contributed by atoms with Gasteiger partial charge in [-0.2, -0.15) is 0 Å². The van der Waals surface area contributed by atoms with Crippen LogP contribution < -0.4 is 15.8 Å². The monoisotopic (exact) mass is 665 g/mol. The number of nitrogens with two attached hydrogens (primary N) is 1. The molecule has 220 valence electrons. The maximum Gasteiger partial charge on any atom is 0.351 e. The molecular formula is C28H32BrN3O7S2. The highest BCUT2D eigenvalue weighted by atomic mass is 79.9. The van der Waals surface area contributed by atoms with Gasteiger partial charge in [0.2, 0.25) is 10.0 Å².